The van der Waals surface area contributed by atoms with Crippen molar-refractivity contribution >= 4 is 15.8 Å². The number of rotatable bonds is 9. The van der Waals surface area contributed by atoms with Crippen molar-refractivity contribution < 1.29 is 22.4 Å². The fourth-order valence-electron chi connectivity index (χ4n) is 4.31. The Labute approximate surface area is 189 Å². The molecule has 2 saturated heterocycles. The number of carbonyl (C=O) groups is 1. The summed E-state index contributed by atoms with van der Waals surface area (Å²) in [7, 11) is -3.63. The van der Waals surface area contributed by atoms with E-state index in [0.29, 0.717) is 38.4 Å². The van der Waals surface area contributed by atoms with E-state index >= 15 is 0 Å². The molecule has 1 unspecified atom stereocenters. The van der Waals surface area contributed by atoms with Gasteiger partial charge in [-0.2, -0.15) is 4.31 Å². The average molecular weight is 462 g/mol. The second-order valence-corrected chi connectivity index (χ2v) is 10.2. The third-order valence-electron chi connectivity index (χ3n) is 6.09. The van der Waals surface area contributed by atoms with E-state index in [4.69, 9.17) is 9.15 Å². The number of hydrogen-bond donors (Lipinski definition) is 1. The zero-order valence-corrected chi connectivity index (χ0v) is 19.1. The molecule has 9 heteroatoms. The fourth-order valence-corrected chi connectivity index (χ4v) is 5.77. The van der Waals surface area contributed by atoms with Crippen molar-refractivity contribution in [1.82, 2.24) is 14.5 Å². The Hall–Kier alpha value is -2.04. The molecule has 8 nitrogen and oxygen atoms in total. The van der Waals surface area contributed by atoms with Crippen LogP contribution in [-0.2, 0) is 14.8 Å². The predicted octanol–water partition coefficient (Wildman–Crippen LogP) is 2.30. The molecule has 1 aromatic carbocycles. The Morgan fingerprint density at radius 1 is 1.03 bits per heavy atom. The van der Waals surface area contributed by atoms with Crippen molar-refractivity contribution in [3.05, 3.63) is 54.0 Å². The van der Waals surface area contributed by atoms with E-state index in [9.17, 15) is 13.2 Å². The van der Waals surface area contributed by atoms with E-state index in [0.717, 1.165) is 18.8 Å². The van der Waals surface area contributed by atoms with Crippen LogP contribution in [0.25, 0.3) is 0 Å². The van der Waals surface area contributed by atoms with Crippen LogP contribution in [0.1, 0.15) is 41.4 Å². The number of carbonyl (C=O) groups excluding carboxylic acids is 1. The first kappa shape index (κ1) is 23.1. The van der Waals surface area contributed by atoms with Gasteiger partial charge in [0.2, 0.25) is 10.0 Å². The summed E-state index contributed by atoms with van der Waals surface area (Å²) in [6.45, 7) is 4.17. The van der Waals surface area contributed by atoms with Crippen molar-refractivity contribution in [3.8, 4) is 0 Å². The molecule has 0 amide bonds. The first-order valence-corrected chi connectivity index (χ1v) is 12.7. The Bertz CT molecular complexity index is 981. The van der Waals surface area contributed by atoms with Gasteiger partial charge in [-0.15, -0.1) is 0 Å². The van der Waals surface area contributed by atoms with Crippen LogP contribution in [0, 0.1) is 0 Å². The lowest BCUT2D eigenvalue weighted by Crippen LogP contribution is -2.40. The topological polar surface area (TPSA) is 92.1 Å². The Kier molecular flexibility index (Phi) is 7.75. The number of likely N-dealkylation sites (tertiary alicyclic amines) is 1. The van der Waals surface area contributed by atoms with Crippen LogP contribution in [0.15, 0.2) is 52.0 Å². The van der Waals surface area contributed by atoms with E-state index in [1.165, 1.54) is 35.7 Å². The molecule has 3 heterocycles. The molecule has 0 saturated carbocycles. The Balaban J connectivity index is 1.39. The van der Waals surface area contributed by atoms with Gasteiger partial charge in [-0.05, 0) is 50.2 Å². The number of hydrogen-bond acceptors (Lipinski definition) is 7. The van der Waals surface area contributed by atoms with Crippen LogP contribution >= 0.6 is 0 Å². The molecule has 4 rings (SSSR count). The zero-order chi connectivity index (χ0) is 22.4. The smallest absolute Gasteiger partial charge is 0.243 e. The summed E-state index contributed by atoms with van der Waals surface area (Å²) in [5.74, 6) is 0.756. The third kappa shape index (κ3) is 5.47. The van der Waals surface area contributed by atoms with E-state index in [1.807, 2.05) is 12.1 Å². The molecule has 1 atom stereocenters. The van der Waals surface area contributed by atoms with Crippen molar-refractivity contribution in [1.29, 1.82) is 0 Å². The highest BCUT2D eigenvalue weighted by molar-refractivity contribution is 7.89. The van der Waals surface area contributed by atoms with Gasteiger partial charge < -0.3 is 14.5 Å². The number of piperidine rings is 1. The third-order valence-corrected chi connectivity index (χ3v) is 7.98. The monoisotopic (exact) mass is 461 g/mol. The summed E-state index contributed by atoms with van der Waals surface area (Å²) >= 11 is 0. The van der Waals surface area contributed by atoms with Crippen LogP contribution < -0.4 is 5.32 Å². The lowest BCUT2D eigenvalue weighted by Gasteiger charge is -2.33. The summed E-state index contributed by atoms with van der Waals surface area (Å²) in [6, 6.07) is 10.2. The molecule has 2 aliphatic rings. The summed E-state index contributed by atoms with van der Waals surface area (Å²) in [5.41, 5.74) is 0.388. The van der Waals surface area contributed by atoms with Crippen LogP contribution in [-0.4, -0.2) is 75.9 Å². The standard InChI is InChI=1S/C23H31N3O5S/c27-22(18-24-17-21(23-8-5-13-31-23)25-9-2-1-3-10-25)19-6-4-7-20(16-19)32(28,29)26-11-14-30-15-12-26/h4-8,13,16,21,24H,1-3,9-12,14-15,17-18H2. The first-order chi connectivity index (χ1) is 15.6. The minimum atomic E-state index is -3.63. The van der Waals surface area contributed by atoms with Crippen molar-refractivity contribution in [2.45, 2.75) is 30.2 Å². The number of ether oxygens (including phenoxy) is 1. The van der Waals surface area contributed by atoms with Crippen LogP contribution in [0.4, 0.5) is 0 Å². The fraction of sp³-hybridized carbons (Fsp3) is 0.522. The number of nitrogens with one attached hydrogen (secondary N) is 1. The average Bonchev–Trinajstić information content (AvgIpc) is 3.37. The number of Topliss-reactive ketones (excluding diaryl/α,β-unsaturated/α-hetero) is 1. The minimum absolute atomic E-state index is 0.0751. The molecule has 0 bridgehead atoms. The van der Waals surface area contributed by atoms with E-state index in [-0.39, 0.29) is 23.3 Å². The van der Waals surface area contributed by atoms with Crippen LogP contribution in [0.3, 0.4) is 0 Å². The Morgan fingerprint density at radius 2 is 1.81 bits per heavy atom. The molecule has 2 fully saturated rings. The number of morpholine rings is 1. The van der Waals surface area contributed by atoms with Crippen LogP contribution in [0.2, 0.25) is 0 Å². The lowest BCUT2D eigenvalue weighted by atomic mass is 10.1. The van der Waals surface area contributed by atoms with Gasteiger partial charge >= 0.3 is 0 Å². The second-order valence-electron chi connectivity index (χ2n) is 8.23. The summed E-state index contributed by atoms with van der Waals surface area (Å²) < 4.78 is 38.1. The lowest BCUT2D eigenvalue weighted by molar-refractivity contribution is 0.0730. The molecule has 2 aromatic rings. The summed E-state index contributed by atoms with van der Waals surface area (Å²) in [5, 5.41) is 3.26. The van der Waals surface area contributed by atoms with E-state index in [1.54, 1.807) is 18.4 Å². The molecule has 2 aliphatic heterocycles. The van der Waals surface area contributed by atoms with Gasteiger partial charge in [-0.25, -0.2) is 8.42 Å². The molecule has 0 aliphatic carbocycles. The van der Waals surface area contributed by atoms with Gasteiger partial charge in [-0.1, -0.05) is 18.6 Å². The molecular formula is C23H31N3O5S. The van der Waals surface area contributed by atoms with Crippen LogP contribution in [0.5, 0.6) is 0 Å². The molecule has 1 N–H and O–H groups in total. The second kappa shape index (κ2) is 10.7. The van der Waals surface area contributed by atoms with E-state index in [2.05, 4.69) is 10.2 Å². The zero-order valence-electron chi connectivity index (χ0n) is 18.2. The predicted molar refractivity (Wildman–Crippen MR) is 120 cm³/mol. The first-order valence-electron chi connectivity index (χ1n) is 11.2. The molecule has 0 radical (unpaired) electrons. The number of sulfonamides is 1. The van der Waals surface area contributed by atoms with Crippen molar-refractivity contribution in [3.63, 3.8) is 0 Å². The molecule has 1 aromatic heterocycles. The quantitative estimate of drug-likeness (QED) is 0.573. The maximum absolute atomic E-state index is 12.9. The van der Waals surface area contributed by atoms with Gasteiger partial charge in [0.05, 0.1) is 37.0 Å². The number of benzene rings is 1. The van der Waals surface area contributed by atoms with Crippen molar-refractivity contribution in [2.24, 2.45) is 0 Å². The highest BCUT2D eigenvalue weighted by Gasteiger charge is 2.27. The largest absolute Gasteiger partial charge is 0.468 e. The van der Waals surface area contributed by atoms with Gasteiger partial charge in [0.1, 0.15) is 5.76 Å². The SMILES string of the molecule is O=C(CNCC(c1ccco1)N1CCCCC1)c1cccc(S(=O)(=O)N2CCOCC2)c1. The van der Waals surface area contributed by atoms with Gasteiger partial charge in [0, 0.05) is 25.2 Å². The normalized spacial score (nSPS) is 19.6. The molecular weight excluding hydrogens is 430 g/mol. The maximum atomic E-state index is 12.9. The van der Waals surface area contributed by atoms with E-state index < -0.39 is 10.0 Å². The number of furan rings is 1. The van der Waals surface area contributed by atoms with Gasteiger partial charge in [0.25, 0.3) is 0 Å². The van der Waals surface area contributed by atoms with Crippen molar-refractivity contribution in [2.75, 3.05) is 52.5 Å². The maximum Gasteiger partial charge on any atom is 0.243 e. The number of ketones is 1. The summed E-state index contributed by atoms with van der Waals surface area (Å²) in [4.78, 5) is 15.4. The molecule has 174 valence electrons. The summed E-state index contributed by atoms with van der Waals surface area (Å²) in [6.07, 6.45) is 5.26. The molecule has 32 heavy (non-hydrogen) atoms. The Morgan fingerprint density at radius 3 is 2.53 bits per heavy atom. The van der Waals surface area contributed by atoms with Gasteiger partial charge in [0.15, 0.2) is 5.78 Å². The molecule has 0 spiro atoms. The number of nitrogens with zero attached hydrogens (tertiary/aromatic N) is 2. The highest BCUT2D eigenvalue weighted by Crippen LogP contribution is 2.24. The minimum Gasteiger partial charge on any atom is -0.468 e. The highest BCUT2D eigenvalue weighted by atomic mass is 32.2. The van der Waals surface area contributed by atoms with Gasteiger partial charge in [-0.3, -0.25) is 9.69 Å².